The minimum absolute atomic E-state index is 0.00189. The smallest absolute Gasteiger partial charge is 0.303 e. The van der Waals surface area contributed by atoms with Gasteiger partial charge in [-0.25, -0.2) is 12.7 Å². The lowest BCUT2D eigenvalue weighted by Gasteiger charge is -2.12. The van der Waals surface area contributed by atoms with Crippen LogP contribution in [0.3, 0.4) is 0 Å². The van der Waals surface area contributed by atoms with Crippen molar-refractivity contribution in [2.45, 2.75) is 13.0 Å². The van der Waals surface area contributed by atoms with Gasteiger partial charge in [-0.1, -0.05) is 11.6 Å². The number of halogens is 1. The zero-order valence-electron chi connectivity index (χ0n) is 10.9. The average molecular weight is 330 g/mol. The molecule has 0 aromatic carbocycles. The molecule has 1 amide bonds. The van der Waals surface area contributed by atoms with Crippen LogP contribution >= 0.6 is 11.6 Å². The Labute approximate surface area is 126 Å². The normalized spacial score (nSPS) is 17.3. The molecule has 1 saturated heterocycles. The highest BCUT2D eigenvalue weighted by molar-refractivity contribution is 7.89. The predicted molar refractivity (Wildman–Crippen MR) is 74.5 cm³/mol. The fourth-order valence-corrected chi connectivity index (χ4v) is 3.77. The number of amides is 1. The fraction of sp³-hybridized carbons (Fsp3) is 0.333. The van der Waals surface area contributed by atoms with Gasteiger partial charge < -0.3 is 4.42 Å². The van der Waals surface area contributed by atoms with Crippen LogP contribution in [0.1, 0.15) is 22.7 Å². The maximum absolute atomic E-state index is 12.1. The highest BCUT2D eigenvalue weighted by Crippen LogP contribution is 2.19. The van der Waals surface area contributed by atoms with Crippen molar-refractivity contribution < 1.29 is 17.6 Å². The molecule has 2 aromatic rings. The van der Waals surface area contributed by atoms with E-state index in [9.17, 15) is 13.2 Å². The van der Waals surface area contributed by atoms with Crippen molar-refractivity contribution in [1.29, 1.82) is 0 Å². The van der Waals surface area contributed by atoms with E-state index in [1.807, 2.05) is 0 Å². The summed E-state index contributed by atoms with van der Waals surface area (Å²) in [4.78, 5) is 12.1. The molecule has 112 valence electrons. The van der Waals surface area contributed by atoms with Gasteiger partial charge in [0.2, 0.25) is 10.0 Å². The second-order valence-corrected chi connectivity index (χ2v) is 7.12. The Bertz CT molecular complexity index is 780. The number of carbonyl (C=O) groups excluding carboxylic acids is 1. The largest absolute Gasteiger partial charge is 0.454 e. The van der Waals surface area contributed by atoms with E-state index in [0.29, 0.717) is 23.7 Å². The number of hydrogen-bond donors (Lipinski definition) is 0. The molecule has 3 heterocycles. The van der Waals surface area contributed by atoms with Crippen molar-refractivity contribution in [2.24, 2.45) is 0 Å². The first-order valence-electron chi connectivity index (χ1n) is 6.27. The molecular weight excluding hydrogens is 318 g/mol. The zero-order chi connectivity index (χ0) is 15.0. The molecule has 7 nitrogen and oxygen atoms in total. The van der Waals surface area contributed by atoms with Gasteiger partial charge in [-0.15, -0.1) is 0 Å². The van der Waals surface area contributed by atoms with E-state index >= 15 is 0 Å². The molecule has 1 fully saturated rings. The monoisotopic (exact) mass is 329 g/mol. The van der Waals surface area contributed by atoms with E-state index in [2.05, 4.69) is 5.10 Å². The number of nitrogens with zero attached hydrogens (tertiary/aromatic N) is 3. The Morgan fingerprint density at radius 3 is 2.86 bits per heavy atom. The molecule has 0 bridgehead atoms. The fourth-order valence-electron chi connectivity index (χ4n) is 2.15. The summed E-state index contributed by atoms with van der Waals surface area (Å²) in [5.41, 5.74) is 0. The van der Waals surface area contributed by atoms with Crippen molar-refractivity contribution in [2.75, 3.05) is 12.3 Å². The molecule has 2 aromatic heterocycles. The van der Waals surface area contributed by atoms with E-state index in [0.717, 1.165) is 4.31 Å². The summed E-state index contributed by atoms with van der Waals surface area (Å²) < 4.78 is 31.2. The highest BCUT2D eigenvalue weighted by atomic mass is 35.5. The lowest BCUT2D eigenvalue weighted by molar-refractivity contribution is 0.0838. The van der Waals surface area contributed by atoms with E-state index in [1.165, 1.54) is 12.3 Å². The summed E-state index contributed by atoms with van der Waals surface area (Å²) in [6.07, 6.45) is 3.57. The van der Waals surface area contributed by atoms with Gasteiger partial charge in [-0.2, -0.15) is 5.10 Å². The number of aromatic nitrogens is 2. The second-order valence-electron chi connectivity index (χ2n) is 4.67. The summed E-state index contributed by atoms with van der Waals surface area (Å²) in [6, 6.07) is 3.09. The summed E-state index contributed by atoms with van der Waals surface area (Å²) >= 11 is 5.76. The minimum Gasteiger partial charge on any atom is -0.454 e. The maximum atomic E-state index is 12.1. The van der Waals surface area contributed by atoms with Gasteiger partial charge in [0.15, 0.2) is 5.76 Å². The summed E-state index contributed by atoms with van der Waals surface area (Å²) in [6.45, 7) is 0.513. The third-order valence-electron chi connectivity index (χ3n) is 3.12. The van der Waals surface area contributed by atoms with Crippen LogP contribution < -0.4 is 0 Å². The molecule has 0 spiro atoms. The molecule has 0 N–H and O–H groups in total. The lowest BCUT2D eigenvalue weighted by Crippen LogP contribution is -2.32. The Kier molecular flexibility index (Phi) is 3.50. The third-order valence-corrected chi connectivity index (χ3v) is 5.14. The Morgan fingerprint density at radius 2 is 2.24 bits per heavy atom. The first-order valence-corrected chi connectivity index (χ1v) is 8.26. The van der Waals surface area contributed by atoms with Crippen molar-refractivity contribution in [3.8, 4) is 0 Å². The van der Waals surface area contributed by atoms with Gasteiger partial charge in [-0.05, 0) is 18.6 Å². The van der Waals surface area contributed by atoms with Gasteiger partial charge in [0, 0.05) is 12.7 Å². The van der Waals surface area contributed by atoms with Crippen molar-refractivity contribution in [3.63, 3.8) is 0 Å². The quantitative estimate of drug-likeness (QED) is 0.848. The van der Waals surface area contributed by atoms with Crippen LogP contribution in [0.4, 0.5) is 0 Å². The second kappa shape index (κ2) is 5.19. The summed E-state index contributed by atoms with van der Waals surface area (Å²) in [5, 5.41) is 4.50. The highest BCUT2D eigenvalue weighted by Gasteiger charge is 2.34. The first kappa shape index (κ1) is 14.2. The molecule has 9 heteroatoms. The summed E-state index contributed by atoms with van der Waals surface area (Å²) in [7, 11) is -3.49. The Morgan fingerprint density at radius 1 is 1.43 bits per heavy atom. The van der Waals surface area contributed by atoms with Crippen molar-refractivity contribution in [1.82, 2.24) is 14.1 Å². The first-order chi connectivity index (χ1) is 9.95. The average Bonchev–Trinajstić information content (AvgIpc) is 3.10. The van der Waals surface area contributed by atoms with Crippen LogP contribution in [0, 0.1) is 0 Å². The van der Waals surface area contributed by atoms with E-state index in [1.54, 1.807) is 16.9 Å². The van der Waals surface area contributed by atoms with E-state index < -0.39 is 15.9 Å². The molecule has 1 aliphatic rings. The standard InChI is InChI=1S/C12H12ClN3O4S/c13-9-6-14-15(7-9)8-10-2-3-11(20-10)12(17)16-4-1-5-21(16,18)19/h2-3,6-7H,1,4-5,8H2. The number of carbonyl (C=O) groups is 1. The molecule has 0 atom stereocenters. The van der Waals surface area contributed by atoms with Crippen LogP contribution in [-0.4, -0.2) is 40.7 Å². The molecule has 1 aliphatic heterocycles. The molecule has 0 saturated carbocycles. The van der Waals surface area contributed by atoms with Gasteiger partial charge in [0.1, 0.15) is 5.76 Å². The van der Waals surface area contributed by atoms with Crippen LogP contribution in [0.15, 0.2) is 28.9 Å². The number of hydrogen-bond acceptors (Lipinski definition) is 5. The van der Waals surface area contributed by atoms with Gasteiger partial charge in [-0.3, -0.25) is 9.48 Å². The maximum Gasteiger partial charge on any atom is 0.303 e. The SMILES string of the molecule is O=C(c1ccc(Cn2cc(Cl)cn2)o1)N1CCCS1(=O)=O. The Balaban J connectivity index is 1.77. The molecular formula is C12H12ClN3O4S. The molecule has 0 radical (unpaired) electrons. The summed E-state index contributed by atoms with van der Waals surface area (Å²) in [5.74, 6) is -0.126. The number of furan rings is 1. The zero-order valence-corrected chi connectivity index (χ0v) is 12.5. The third kappa shape index (κ3) is 2.81. The van der Waals surface area contributed by atoms with Gasteiger partial charge in [0.25, 0.3) is 0 Å². The van der Waals surface area contributed by atoms with Gasteiger partial charge >= 0.3 is 5.91 Å². The van der Waals surface area contributed by atoms with Crippen molar-refractivity contribution >= 4 is 27.5 Å². The van der Waals surface area contributed by atoms with E-state index in [4.69, 9.17) is 16.0 Å². The predicted octanol–water partition coefficient (Wildman–Crippen LogP) is 1.35. The molecule has 21 heavy (non-hydrogen) atoms. The number of sulfonamides is 1. The van der Waals surface area contributed by atoms with Crippen LogP contribution in [0.25, 0.3) is 0 Å². The van der Waals surface area contributed by atoms with Crippen LogP contribution in [0.2, 0.25) is 5.02 Å². The minimum atomic E-state index is -3.49. The molecule has 0 aliphatic carbocycles. The molecule has 0 unspecified atom stereocenters. The van der Waals surface area contributed by atoms with Crippen molar-refractivity contribution in [3.05, 3.63) is 41.1 Å². The van der Waals surface area contributed by atoms with Crippen LogP contribution in [-0.2, 0) is 16.6 Å². The van der Waals surface area contributed by atoms with Crippen LogP contribution in [0.5, 0.6) is 0 Å². The van der Waals surface area contributed by atoms with E-state index in [-0.39, 0.29) is 18.1 Å². The molecule has 3 rings (SSSR count). The lowest BCUT2D eigenvalue weighted by atomic mass is 10.4. The number of rotatable bonds is 3. The van der Waals surface area contributed by atoms with Gasteiger partial charge in [0.05, 0.1) is 23.5 Å². The Hall–Kier alpha value is -1.80. The topological polar surface area (TPSA) is 85.4 Å².